The number of ether oxygens (including phenoxy) is 2. The fourth-order valence-electron chi connectivity index (χ4n) is 2.41. The Bertz CT molecular complexity index is 652. The molecule has 1 aliphatic rings. The van der Waals surface area contributed by atoms with Crippen molar-refractivity contribution in [3.8, 4) is 11.5 Å². The second-order valence-corrected chi connectivity index (χ2v) is 5.37. The largest absolute Gasteiger partial charge is 0.491 e. The highest BCUT2D eigenvalue weighted by Crippen LogP contribution is 2.22. The molecule has 0 atom stereocenters. The Labute approximate surface area is 130 Å². The van der Waals surface area contributed by atoms with Gasteiger partial charge in [0.05, 0.1) is 6.54 Å². The number of fused-ring (bicyclic) bond motifs is 1. The van der Waals surface area contributed by atoms with E-state index in [2.05, 4.69) is 0 Å². The number of amides is 1. The molecule has 0 unspecified atom stereocenters. The third kappa shape index (κ3) is 3.39. The van der Waals surface area contributed by atoms with Crippen molar-refractivity contribution in [2.24, 2.45) is 0 Å². The minimum atomic E-state index is -0.0270. The smallest absolute Gasteiger partial charge is 0.260 e. The van der Waals surface area contributed by atoms with Crippen LogP contribution in [0.2, 0.25) is 0 Å². The molecule has 1 heterocycles. The second-order valence-electron chi connectivity index (χ2n) is 5.37. The van der Waals surface area contributed by atoms with Gasteiger partial charge in [-0.3, -0.25) is 4.79 Å². The summed E-state index contributed by atoms with van der Waals surface area (Å²) >= 11 is 0. The number of carbonyl (C=O) groups excluding carboxylic acids is 1. The molecule has 1 amide bonds. The quantitative estimate of drug-likeness (QED) is 0.874. The number of carbonyl (C=O) groups is 1. The molecule has 0 saturated heterocycles. The summed E-state index contributed by atoms with van der Waals surface area (Å²) in [4.78, 5) is 14.1. The SMILES string of the molecule is Cc1ccc(OCC(=O)N2CCOc3ccccc3C2)cc1. The predicted octanol–water partition coefficient (Wildman–Crippen LogP) is 2.80. The first-order valence-corrected chi connectivity index (χ1v) is 7.40. The lowest BCUT2D eigenvalue weighted by atomic mass is 10.2. The number of hydrogen-bond acceptors (Lipinski definition) is 3. The lowest BCUT2D eigenvalue weighted by molar-refractivity contribution is -0.134. The van der Waals surface area contributed by atoms with Crippen LogP contribution in [0, 0.1) is 6.92 Å². The molecular formula is C18H19NO3. The number of rotatable bonds is 3. The van der Waals surface area contributed by atoms with Crippen LogP contribution in [0.4, 0.5) is 0 Å². The Kier molecular flexibility index (Phi) is 4.28. The molecule has 0 N–H and O–H groups in total. The Morgan fingerprint density at radius 3 is 2.77 bits per heavy atom. The lowest BCUT2D eigenvalue weighted by Crippen LogP contribution is -2.36. The van der Waals surface area contributed by atoms with Crippen LogP contribution in [-0.4, -0.2) is 30.6 Å². The van der Waals surface area contributed by atoms with Crippen LogP contribution in [0.15, 0.2) is 48.5 Å². The Morgan fingerprint density at radius 1 is 1.18 bits per heavy atom. The molecule has 1 aliphatic heterocycles. The second kappa shape index (κ2) is 6.52. The fraction of sp³-hybridized carbons (Fsp3) is 0.278. The van der Waals surface area contributed by atoms with Crippen molar-refractivity contribution >= 4 is 5.91 Å². The molecule has 0 aliphatic carbocycles. The maximum absolute atomic E-state index is 12.3. The molecule has 114 valence electrons. The van der Waals surface area contributed by atoms with Crippen molar-refractivity contribution in [1.29, 1.82) is 0 Å². The van der Waals surface area contributed by atoms with Crippen LogP contribution in [-0.2, 0) is 11.3 Å². The lowest BCUT2D eigenvalue weighted by Gasteiger charge is -2.20. The summed E-state index contributed by atoms with van der Waals surface area (Å²) in [5.74, 6) is 1.54. The zero-order valence-corrected chi connectivity index (χ0v) is 12.6. The van der Waals surface area contributed by atoms with E-state index in [1.165, 1.54) is 5.56 Å². The number of hydrogen-bond donors (Lipinski definition) is 0. The first kappa shape index (κ1) is 14.4. The third-order valence-corrected chi connectivity index (χ3v) is 3.69. The molecule has 0 bridgehead atoms. The Hall–Kier alpha value is -2.49. The summed E-state index contributed by atoms with van der Waals surface area (Å²) < 4.78 is 11.2. The standard InChI is InChI=1S/C18H19NO3/c1-14-6-8-16(9-7-14)22-13-18(20)19-10-11-21-17-5-3-2-4-15(17)12-19/h2-9H,10-13H2,1H3. The first-order chi connectivity index (χ1) is 10.7. The first-order valence-electron chi connectivity index (χ1n) is 7.40. The molecule has 4 nitrogen and oxygen atoms in total. The van der Waals surface area contributed by atoms with Gasteiger partial charge in [0.1, 0.15) is 18.1 Å². The van der Waals surface area contributed by atoms with E-state index in [9.17, 15) is 4.79 Å². The van der Waals surface area contributed by atoms with Crippen molar-refractivity contribution in [1.82, 2.24) is 4.90 Å². The van der Waals surface area contributed by atoms with Crippen molar-refractivity contribution < 1.29 is 14.3 Å². The fourth-order valence-corrected chi connectivity index (χ4v) is 2.41. The third-order valence-electron chi connectivity index (χ3n) is 3.69. The molecule has 22 heavy (non-hydrogen) atoms. The van der Waals surface area contributed by atoms with Crippen molar-refractivity contribution in [2.45, 2.75) is 13.5 Å². The predicted molar refractivity (Wildman–Crippen MR) is 84.0 cm³/mol. The highest BCUT2D eigenvalue weighted by Gasteiger charge is 2.19. The average molecular weight is 297 g/mol. The zero-order valence-electron chi connectivity index (χ0n) is 12.6. The Morgan fingerprint density at radius 2 is 1.95 bits per heavy atom. The monoisotopic (exact) mass is 297 g/mol. The summed E-state index contributed by atoms with van der Waals surface area (Å²) in [6.07, 6.45) is 0. The molecule has 2 aromatic carbocycles. The van der Waals surface area contributed by atoms with Gasteiger partial charge in [-0.15, -0.1) is 0 Å². The zero-order chi connectivity index (χ0) is 15.4. The van der Waals surface area contributed by atoms with Gasteiger partial charge in [0.15, 0.2) is 6.61 Å². The van der Waals surface area contributed by atoms with E-state index < -0.39 is 0 Å². The summed E-state index contributed by atoms with van der Waals surface area (Å²) in [5, 5.41) is 0. The molecule has 0 fully saturated rings. The summed E-state index contributed by atoms with van der Waals surface area (Å²) in [6.45, 7) is 3.71. The summed E-state index contributed by atoms with van der Waals surface area (Å²) in [6, 6.07) is 15.5. The van der Waals surface area contributed by atoms with Crippen LogP contribution < -0.4 is 9.47 Å². The minimum absolute atomic E-state index is 0.0270. The van der Waals surface area contributed by atoms with Gasteiger partial charge in [-0.05, 0) is 25.1 Å². The average Bonchev–Trinajstić information content (AvgIpc) is 2.76. The van der Waals surface area contributed by atoms with Crippen LogP contribution >= 0.6 is 0 Å². The van der Waals surface area contributed by atoms with Crippen LogP contribution in [0.3, 0.4) is 0 Å². The van der Waals surface area contributed by atoms with Crippen LogP contribution in [0.25, 0.3) is 0 Å². The summed E-state index contributed by atoms with van der Waals surface area (Å²) in [5.41, 5.74) is 2.20. The van der Waals surface area contributed by atoms with Crippen molar-refractivity contribution in [2.75, 3.05) is 19.8 Å². The van der Waals surface area contributed by atoms with Crippen LogP contribution in [0.5, 0.6) is 11.5 Å². The van der Waals surface area contributed by atoms with Crippen molar-refractivity contribution in [3.63, 3.8) is 0 Å². The van der Waals surface area contributed by atoms with Gasteiger partial charge in [-0.2, -0.15) is 0 Å². The molecular weight excluding hydrogens is 278 g/mol. The Balaban J connectivity index is 1.61. The van der Waals surface area contributed by atoms with E-state index in [1.807, 2.05) is 55.5 Å². The van der Waals surface area contributed by atoms with E-state index >= 15 is 0 Å². The maximum atomic E-state index is 12.3. The molecule has 0 radical (unpaired) electrons. The molecule has 0 spiro atoms. The number of aryl methyl sites for hydroxylation is 1. The molecule has 0 aromatic heterocycles. The van der Waals surface area contributed by atoms with E-state index in [4.69, 9.17) is 9.47 Å². The molecule has 4 heteroatoms. The van der Waals surface area contributed by atoms with E-state index in [1.54, 1.807) is 4.90 Å². The van der Waals surface area contributed by atoms with Gasteiger partial charge >= 0.3 is 0 Å². The summed E-state index contributed by atoms with van der Waals surface area (Å²) in [7, 11) is 0. The molecule has 0 saturated carbocycles. The van der Waals surface area contributed by atoms with E-state index in [0.717, 1.165) is 11.3 Å². The maximum Gasteiger partial charge on any atom is 0.260 e. The van der Waals surface area contributed by atoms with Gasteiger partial charge in [-0.25, -0.2) is 0 Å². The van der Waals surface area contributed by atoms with Crippen LogP contribution in [0.1, 0.15) is 11.1 Å². The van der Waals surface area contributed by atoms with Gasteiger partial charge in [0.2, 0.25) is 0 Å². The minimum Gasteiger partial charge on any atom is -0.491 e. The molecule has 2 aromatic rings. The number of benzene rings is 2. The van der Waals surface area contributed by atoms with Gasteiger partial charge in [-0.1, -0.05) is 35.9 Å². The number of para-hydroxylation sites is 1. The highest BCUT2D eigenvalue weighted by atomic mass is 16.5. The number of nitrogens with zero attached hydrogens (tertiary/aromatic N) is 1. The van der Waals surface area contributed by atoms with Gasteiger partial charge in [0, 0.05) is 12.1 Å². The van der Waals surface area contributed by atoms with Crippen molar-refractivity contribution in [3.05, 3.63) is 59.7 Å². The van der Waals surface area contributed by atoms with E-state index in [0.29, 0.717) is 25.4 Å². The van der Waals surface area contributed by atoms with E-state index in [-0.39, 0.29) is 12.5 Å². The topological polar surface area (TPSA) is 38.8 Å². The van der Waals surface area contributed by atoms with Gasteiger partial charge < -0.3 is 14.4 Å². The highest BCUT2D eigenvalue weighted by molar-refractivity contribution is 5.78. The van der Waals surface area contributed by atoms with Gasteiger partial charge in [0.25, 0.3) is 5.91 Å². The normalized spacial score (nSPS) is 13.8. The molecule has 3 rings (SSSR count).